The van der Waals surface area contributed by atoms with E-state index in [1.165, 1.54) is 16.9 Å². The van der Waals surface area contributed by atoms with Crippen LogP contribution in [0.5, 0.6) is 0 Å². The largest absolute Gasteiger partial charge is 0.385 e. The van der Waals surface area contributed by atoms with Crippen LogP contribution in [0.2, 0.25) is 0 Å². The van der Waals surface area contributed by atoms with Crippen molar-refractivity contribution in [2.24, 2.45) is 5.41 Å². The third kappa shape index (κ3) is 4.57. The van der Waals surface area contributed by atoms with Crippen LogP contribution < -0.4 is 0 Å². The maximum absolute atomic E-state index is 12.4. The summed E-state index contributed by atoms with van der Waals surface area (Å²) < 4.78 is 0. The highest BCUT2D eigenvalue weighted by molar-refractivity contribution is 7.11. The summed E-state index contributed by atoms with van der Waals surface area (Å²) in [5, 5.41) is 24.4. The van der Waals surface area contributed by atoms with E-state index in [1.807, 2.05) is 20.0 Å². The molecule has 1 fully saturated rings. The predicted octanol–water partition coefficient (Wildman–Crippen LogP) is 5.00. The highest BCUT2D eigenvalue weighted by atomic mass is 32.1. The number of thiazole rings is 1. The lowest BCUT2D eigenvalue weighted by Gasteiger charge is -2.56. The van der Waals surface area contributed by atoms with E-state index in [2.05, 4.69) is 73.0 Å². The zero-order valence-corrected chi connectivity index (χ0v) is 22.0. The fourth-order valence-electron chi connectivity index (χ4n) is 5.29. The van der Waals surface area contributed by atoms with E-state index >= 15 is 0 Å². The maximum Gasteiger partial charge on any atom is 0.124 e. The smallest absolute Gasteiger partial charge is 0.124 e. The van der Waals surface area contributed by atoms with Gasteiger partial charge in [0.15, 0.2) is 0 Å². The molecule has 6 heteroatoms. The molecule has 4 rings (SSSR count). The van der Waals surface area contributed by atoms with Gasteiger partial charge < -0.3 is 15.1 Å². The molecule has 3 aromatic rings. The van der Waals surface area contributed by atoms with E-state index in [9.17, 15) is 10.2 Å². The van der Waals surface area contributed by atoms with Crippen molar-refractivity contribution in [2.45, 2.75) is 64.6 Å². The molecule has 2 N–H and O–H groups in total. The molecular formula is C28H37N3O2S. The van der Waals surface area contributed by atoms with Crippen LogP contribution in [-0.4, -0.2) is 45.2 Å². The lowest BCUT2D eigenvalue weighted by molar-refractivity contribution is -0.127. The molecular weight excluding hydrogens is 442 g/mol. The zero-order chi connectivity index (χ0) is 24.7. The summed E-state index contributed by atoms with van der Waals surface area (Å²) >= 11 is 1.53. The predicted molar refractivity (Wildman–Crippen MR) is 138 cm³/mol. The quantitative estimate of drug-likeness (QED) is 0.476. The number of nitrogens with zero attached hydrogens (tertiary/aromatic N) is 3. The van der Waals surface area contributed by atoms with E-state index < -0.39 is 11.2 Å². The van der Waals surface area contributed by atoms with Crippen molar-refractivity contribution in [3.8, 4) is 0 Å². The maximum atomic E-state index is 12.4. The van der Waals surface area contributed by atoms with Gasteiger partial charge in [-0.2, -0.15) is 0 Å². The summed E-state index contributed by atoms with van der Waals surface area (Å²) in [5.74, 6) is 0.438. The third-order valence-electron chi connectivity index (χ3n) is 7.37. The first-order valence-corrected chi connectivity index (χ1v) is 12.9. The number of rotatable bonds is 8. The van der Waals surface area contributed by atoms with Gasteiger partial charge in [-0.05, 0) is 62.4 Å². The van der Waals surface area contributed by atoms with E-state index in [0.29, 0.717) is 18.8 Å². The second kappa shape index (κ2) is 9.15. The minimum atomic E-state index is -1.16. The van der Waals surface area contributed by atoms with Crippen molar-refractivity contribution < 1.29 is 10.2 Å². The van der Waals surface area contributed by atoms with Gasteiger partial charge >= 0.3 is 0 Å². The molecule has 1 unspecified atom stereocenters. The molecule has 0 bridgehead atoms. The molecule has 3 heterocycles. The Morgan fingerprint density at radius 3 is 2.32 bits per heavy atom. The van der Waals surface area contributed by atoms with Gasteiger partial charge in [-0.15, -0.1) is 11.3 Å². The van der Waals surface area contributed by atoms with Crippen LogP contribution in [0.4, 0.5) is 0 Å². The highest BCUT2D eigenvalue weighted by Crippen LogP contribution is 2.50. The summed E-state index contributed by atoms with van der Waals surface area (Å²) in [7, 11) is 2.09. The number of aryl methyl sites for hydroxylation is 2. The molecule has 0 aliphatic carbocycles. The Hall–Kier alpha value is -2.12. The van der Waals surface area contributed by atoms with E-state index in [4.69, 9.17) is 0 Å². The fourth-order valence-corrected chi connectivity index (χ4v) is 6.14. The van der Waals surface area contributed by atoms with Crippen LogP contribution in [0.3, 0.4) is 0 Å². The summed E-state index contributed by atoms with van der Waals surface area (Å²) in [5.41, 5.74) is 1.54. The third-order valence-corrected chi connectivity index (χ3v) is 8.54. The second-order valence-corrected chi connectivity index (χ2v) is 12.1. The average Bonchev–Trinajstić information content (AvgIpc) is 3.24. The summed E-state index contributed by atoms with van der Waals surface area (Å²) in [6.45, 7) is 11.9. The molecule has 5 nitrogen and oxygen atoms in total. The molecule has 0 saturated carbocycles. The van der Waals surface area contributed by atoms with Crippen LogP contribution in [0.1, 0.15) is 72.2 Å². The number of aliphatic hydroxyl groups is 2. The van der Waals surface area contributed by atoms with Gasteiger partial charge in [0.1, 0.15) is 5.60 Å². The Morgan fingerprint density at radius 1 is 1.09 bits per heavy atom. The second-order valence-electron chi connectivity index (χ2n) is 10.8. The van der Waals surface area contributed by atoms with Gasteiger partial charge in [-0.3, -0.25) is 4.98 Å². The van der Waals surface area contributed by atoms with Crippen LogP contribution >= 0.6 is 11.3 Å². The van der Waals surface area contributed by atoms with Gasteiger partial charge in [-0.1, -0.05) is 45.0 Å². The van der Waals surface area contributed by atoms with E-state index in [-0.39, 0.29) is 5.41 Å². The first-order valence-electron chi connectivity index (χ1n) is 12.1. The number of benzene rings is 1. The highest BCUT2D eigenvalue weighted by Gasteiger charge is 2.55. The summed E-state index contributed by atoms with van der Waals surface area (Å²) in [4.78, 5) is 11.9. The Labute approximate surface area is 207 Å². The van der Waals surface area contributed by atoms with Crippen LogP contribution in [-0.2, 0) is 17.6 Å². The van der Waals surface area contributed by atoms with Gasteiger partial charge in [0.05, 0.1) is 15.5 Å². The number of aromatic nitrogens is 2. The number of pyridine rings is 1. The molecule has 1 saturated heterocycles. The van der Waals surface area contributed by atoms with Crippen LogP contribution in [0, 0.1) is 12.3 Å². The summed E-state index contributed by atoms with van der Waals surface area (Å²) in [6.07, 6.45) is 6.62. The Balaban J connectivity index is 1.66. The standard InChI is InChI=1S/C28H37N3O2S/c1-19(2)22-7-9-23(10-8-22)28(33,26(4)17-31(6)18-26)24-13-21(14-29-15-24)11-12-27(5,32)25-16-30-20(3)34-25/h7-10,13-16,19,32-33H,11-12,17-18H2,1-6H3/t27?,28-/m0/s1. The summed E-state index contributed by atoms with van der Waals surface area (Å²) in [6, 6.07) is 10.5. The molecule has 0 spiro atoms. The lowest BCUT2D eigenvalue weighted by atomic mass is 9.62. The number of hydrogen-bond donors (Lipinski definition) is 2. The Morgan fingerprint density at radius 2 is 1.76 bits per heavy atom. The van der Waals surface area contributed by atoms with Gasteiger partial charge in [0, 0.05) is 42.7 Å². The number of hydrogen-bond acceptors (Lipinski definition) is 6. The topological polar surface area (TPSA) is 69.5 Å². The molecule has 1 aromatic carbocycles. The molecule has 1 aliphatic rings. The Bertz CT molecular complexity index is 1130. The van der Waals surface area contributed by atoms with Gasteiger partial charge in [0.2, 0.25) is 0 Å². The average molecular weight is 480 g/mol. The van der Waals surface area contributed by atoms with Crippen molar-refractivity contribution in [1.82, 2.24) is 14.9 Å². The van der Waals surface area contributed by atoms with Crippen molar-refractivity contribution in [2.75, 3.05) is 20.1 Å². The Kier molecular flexibility index (Phi) is 6.73. The molecule has 1 aliphatic heterocycles. The van der Waals surface area contributed by atoms with Crippen molar-refractivity contribution >= 4 is 11.3 Å². The van der Waals surface area contributed by atoms with Gasteiger partial charge in [-0.25, -0.2) is 4.98 Å². The molecule has 0 radical (unpaired) electrons. The van der Waals surface area contributed by atoms with Crippen LogP contribution in [0.25, 0.3) is 0 Å². The zero-order valence-electron chi connectivity index (χ0n) is 21.2. The lowest BCUT2D eigenvalue weighted by Crippen LogP contribution is -2.63. The number of likely N-dealkylation sites (tertiary alicyclic amines) is 1. The van der Waals surface area contributed by atoms with Crippen molar-refractivity contribution in [3.63, 3.8) is 0 Å². The monoisotopic (exact) mass is 479 g/mol. The normalized spacial score (nSPS) is 19.4. The van der Waals surface area contributed by atoms with Crippen molar-refractivity contribution in [3.05, 3.63) is 81.1 Å². The van der Waals surface area contributed by atoms with E-state index in [1.54, 1.807) is 12.4 Å². The SMILES string of the molecule is Cc1ncc(C(C)(O)CCc2cncc([C@@](O)(c3ccc(C(C)C)cc3)C3(C)CN(C)C3)c2)s1. The van der Waals surface area contributed by atoms with Gasteiger partial charge in [0.25, 0.3) is 0 Å². The minimum Gasteiger partial charge on any atom is -0.385 e. The molecule has 2 atom stereocenters. The molecule has 34 heavy (non-hydrogen) atoms. The first-order chi connectivity index (χ1) is 15.9. The van der Waals surface area contributed by atoms with Crippen LogP contribution in [0.15, 0.2) is 48.9 Å². The minimum absolute atomic E-state index is 0.326. The fraction of sp³-hybridized carbons (Fsp3) is 0.500. The van der Waals surface area contributed by atoms with E-state index in [0.717, 1.165) is 39.7 Å². The molecule has 2 aromatic heterocycles. The van der Waals surface area contributed by atoms with Crippen molar-refractivity contribution in [1.29, 1.82) is 0 Å². The molecule has 0 amide bonds. The molecule has 182 valence electrons. The first kappa shape index (κ1) is 25.0.